The number of rotatable bonds is 4. The second-order valence-electron chi connectivity index (χ2n) is 6.24. The normalized spacial score (nSPS) is 18.7. The highest BCUT2D eigenvalue weighted by molar-refractivity contribution is 5.78. The van der Waals surface area contributed by atoms with E-state index >= 15 is 0 Å². The number of carbonyl (C=O) groups is 1. The van der Waals surface area contributed by atoms with E-state index in [1.807, 2.05) is 6.07 Å². The Bertz CT molecular complexity index is 465. The largest absolute Gasteiger partial charge is 0.508 e. The average Bonchev–Trinajstić information content (AvgIpc) is 2.41. The molecule has 1 aliphatic heterocycles. The van der Waals surface area contributed by atoms with Gasteiger partial charge >= 0.3 is 0 Å². The van der Waals surface area contributed by atoms with Crippen molar-refractivity contribution in [2.75, 3.05) is 26.7 Å². The van der Waals surface area contributed by atoms with Crippen molar-refractivity contribution < 1.29 is 9.90 Å². The Morgan fingerprint density at radius 3 is 2.75 bits per heavy atom. The first-order chi connectivity index (χ1) is 9.47. The highest BCUT2D eigenvalue weighted by Gasteiger charge is 2.29. The molecule has 4 heteroatoms. The van der Waals surface area contributed by atoms with Crippen molar-refractivity contribution >= 4 is 5.91 Å². The standard InChI is InChI=1S/C16H24N2O2/c1-16(6-8-18(2)9-7-16)12-17-15(20)11-13-4-3-5-14(19)10-13/h3-5,10,19H,6-9,11-12H2,1-2H3,(H,17,20). The molecular weight excluding hydrogens is 252 g/mol. The third-order valence-corrected chi connectivity index (χ3v) is 4.18. The summed E-state index contributed by atoms with van der Waals surface area (Å²) < 4.78 is 0. The van der Waals surface area contributed by atoms with E-state index in [4.69, 9.17) is 0 Å². The fraction of sp³-hybridized carbons (Fsp3) is 0.562. The fourth-order valence-electron chi connectivity index (χ4n) is 2.56. The van der Waals surface area contributed by atoms with Crippen LogP contribution in [0, 0.1) is 5.41 Å². The zero-order valence-electron chi connectivity index (χ0n) is 12.4. The van der Waals surface area contributed by atoms with Crippen molar-refractivity contribution in [2.45, 2.75) is 26.2 Å². The lowest BCUT2D eigenvalue weighted by Crippen LogP contribution is -2.43. The monoisotopic (exact) mass is 276 g/mol. The molecule has 1 heterocycles. The molecule has 2 N–H and O–H groups in total. The second-order valence-corrected chi connectivity index (χ2v) is 6.24. The summed E-state index contributed by atoms with van der Waals surface area (Å²) in [5.41, 5.74) is 1.05. The lowest BCUT2D eigenvalue weighted by Gasteiger charge is -2.37. The molecule has 1 aromatic rings. The molecule has 20 heavy (non-hydrogen) atoms. The zero-order valence-corrected chi connectivity index (χ0v) is 12.4. The van der Waals surface area contributed by atoms with E-state index in [-0.39, 0.29) is 17.1 Å². The Balaban J connectivity index is 1.80. The van der Waals surface area contributed by atoms with Crippen LogP contribution in [0.5, 0.6) is 5.75 Å². The molecule has 0 radical (unpaired) electrons. The summed E-state index contributed by atoms with van der Waals surface area (Å²) in [6.45, 7) is 5.17. The molecule has 1 aliphatic rings. The van der Waals surface area contributed by atoms with Crippen molar-refractivity contribution in [3.05, 3.63) is 29.8 Å². The maximum Gasteiger partial charge on any atom is 0.224 e. The van der Waals surface area contributed by atoms with Gasteiger partial charge in [-0.1, -0.05) is 19.1 Å². The van der Waals surface area contributed by atoms with Crippen LogP contribution in [-0.4, -0.2) is 42.6 Å². The number of carbonyl (C=O) groups excluding carboxylic acids is 1. The molecule has 4 nitrogen and oxygen atoms in total. The summed E-state index contributed by atoms with van der Waals surface area (Å²) in [6, 6.07) is 6.87. The van der Waals surface area contributed by atoms with E-state index in [1.54, 1.807) is 18.2 Å². The number of amides is 1. The van der Waals surface area contributed by atoms with Crippen molar-refractivity contribution in [2.24, 2.45) is 5.41 Å². The molecule has 0 unspecified atom stereocenters. The number of piperidine rings is 1. The summed E-state index contributed by atoms with van der Waals surface area (Å²) >= 11 is 0. The van der Waals surface area contributed by atoms with Gasteiger partial charge in [0.15, 0.2) is 0 Å². The van der Waals surface area contributed by atoms with E-state index in [2.05, 4.69) is 24.2 Å². The lowest BCUT2D eigenvalue weighted by molar-refractivity contribution is -0.121. The van der Waals surface area contributed by atoms with Crippen LogP contribution >= 0.6 is 0 Å². The Morgan fingerprint density at radius 1 is 1.40 bits per heavy atom. The van der Waals surface area contributed by atoms with Crippen molar-refractivity contribution in [3.63, 3.8) is 0 Å². The molecule has 110 valence electrons. The Kier molecular flexibility index (Phi) is 4.65. The first-order valence-electron chi connectivity index (χ1n) is 7.20. The minimum Gasteiger partial charge on any atom is -0.508 e. The van der Waals surface area contributed by atoms with E-state index in [0.717, 1.165) is 38.0 Å². The van der Waals surface area contributed by atoms with Gasteiger partial charge in [0.2, 0.25) is 5.91 Å². The van der Waals surface area contributed by atoms with Crippen molar-refractivity contribution in [3.8, 4) is 5.75 Å². The summed E-state index contributed by atoms with van der Waals surface area (Å²) in [7, 11) is 2.14. The zero-order chi connectivity index (χ0) is 14.6. The van der Waals surface area contributed by atoms with Gasteiger partial charge in [-0.3, -0.25) is 4.79 Å². The van der Waals surface area contributed by atoms with Crippen LogP contribution < -0.4 is 5.32 Å². The number of hydrogen-bond acceptors (Lipinski definition) is 3. The van der Waals surface area contributed by atoms with E-state index in [1.165, 1.54) is 0 Å². The van der Waals surface area contributed by atoms with Crippen LogP contribution in [0.3, 0.4) is 0 Å². The number of likely N-dealkylation sites (tertiary alicyclic amines) is 1. The minimum absolute atomic E-state index is 0.0238. The summed E-state index contributed by atoms with van der Waals surface area (Å²) in [4.78, 5) is 14.3. The number of nitrogens with zero attached hydrogens (tertiary/aromatic N) is 1. The lowest BCUT2D eigenvalue weighted by atomic mass is 9.80. The Hall–Kier alpha value is -1.55. The first kappa shape index (κ1) is 14.9. The first-order valence-corrected chi connectivity index (χ1v) is 7.20. The molecule has 0 aliphatic carbocycles. The number of benzene rings is 1. The fourth-order valence-corrected chi connectivity index (χ4v) is 2.56. The van der Waals surface area contributed by atoms with Gasteiger partial charge in [-0.05, 0) is 56.1 Å². The number of phenols is 1. The van der Waals surface area contributed by atoms with Gasteiger partial charge in [-0.25, -0.2) is 0 Å². The van der Waals surface area contributed by atoms with Crippen LogP contribution in [-0.2, 0) is 11.2 Å². The van der Waals surface area contributed by atoms with Crippen LogP contribution in [0.1, 0.15) is 25.3 Å². The number of nitrogens with one attached hydrogen (secondary N) is 1. The number of aromatic hydroxyl groups is 1. The van der Waals surface area contributed by atoms with Gasteiger partial charge < -0.3 is 15.3 Å². The molecule has 0 saturated carbocycles. The second kappa shape index (κ2) is 6.27. The van der Waals surface area contributed by atoms with Crippen LogP contribution in [0.4, 0.5) is 0 Å². The van der Waals surface area contributed by atoms with Gasteiger partial charge in [0, 0.05) is 6.54 Å². The predicted molar refractivity (Wildman–Crippen MR) is 79.7 cm³/mol. The third kappa shape index (κ3) is 4.23. The van der Waals surface area contributed by atoms with Gasteiger partial charge in [-0.2, -0.15) is 0 Å². The highest BCUT2D eigenvalue weighted by Crippen LogP contribution is 2.29. The smallest absolute Gasteiger partial charge is 0.224 e. The number of hydrogen-bond donors (Lipinski definition) is 2. The van der Waals surface area contributed by atoms with E-state index in [9.17, 15) is 9.90 Å². The topological polar surface area (TPSA) is 52.6 Å². The Labute approximate surface area is 120 Å². The predicted octanol–water partition coefficient (Wildman–Crippen LogP) is 1.78. The van der Waals surface area contributed by atoms with E-state index in [0.29, 0.717) is 6.42 Å². The molecule has 1 saturated heterocycles. The van der Waals surface area contributed by atoms with Crippen molar-refractivity contribution in [1.82, 2.24) is 10.2 Å². The van der Waals surface area contributed by atoms with Crippen LogP contribution in [0.2, 0.25) is 0 Å². The molecule has 2 rings (SSSR count). The van der Waals surface area contributed by atoms with Crippen LogP contribution in [0.25, 0.3) is 0 Å². The van der Waals surface area contributed by atoms with Gasteiger partial charge in [0.05, 0.1) is 6.42 Å². The van der Waals surface area contributed by atoms with Gasteiger partial charge in [0.25, 0.3) is 0 Å². The maximum atomic E-state index is 12.0. The van der Waals surface area contributed by atoms with Gasteiger partial charge in [-0.15, -0.1) is 0 Å². The quantitative estimate of drug-likeness (QED) is 0.881. The summed E-state index contributed by atoms with van der Waals surface area (Å²) in [5.74, 6) is 0.230. The minimum atomic E-state index is 0.0238. The molecule has 0 atom stereocenters. The van der Waals surface area contributed by atoms with E-state index < -0.39 is 0 Å². The summed E-state index contributed by atoms with van der Waals surface area (Å²) in [5, 5.41) is 12.4. The molecule has 0 aromatic heterocycles. The average molecular weight is 276 g/mol. The van der Waals surface area contributed by atoms with Crippen molar-refractivity contribution in [1.29, 1.82) is 0 Å². The summed E-state index contributed by atoms with van der Waals surface area (Å²) in [6.07, 6.45) is 2.57. The molecule has 1 aromatic carbocycles. The SMILES string of the molecule is CN1CCC(C)(CNC(=O)Cc2cccc(O)c2)CC1. The molecule has 1 fully saturated rings. The maximum absolute atomic E-state index is 12.0. The Morgan fingerprint density at radius 2 is 2.10 bits per heavy atom. The number of phenolic OH excluding ortho intramolecular Hbond substituents is 1. The highest BCUT2D eigenvalue weighted by atomic mass is 16.3. The molecule has 0 spiro atoms. The molecule has 1 amide bonds. The molecule has 0 bridgehead atoms. The van der Waals surface area contributed by atoms with Crippen LogP contribution in [0.15, 0.2) is 24.3 Å². The van der Waals surface area contributed by atoms with Gasteiger partial charge in [0.1, 0.15) is 5.75 Å². The third-order valence-electron chi connectivity index (χ3n) is 4.18. The molecular formula is C16H24N2O2.